The lowest BCUT2D eigenvalue weighted by Crippen LogP contribution is -2.24. The molecule has 0 saturated heterocycles. The summed E-state index contributed by atoms with van der Waals surface area (Å²) >= 11 is 6.26. The molecule has 0 aliphatic carbocycles. The lowest BCUT2D eigenvalue weighted by molar-refractivity contribution is 0.00973. The number of hydrogen-bond donors (Lipinski definition) is 0. The number of nitrogens with zero attached hydrogens (tertiary/aromatic N) is 6. The first-order chi connectivity index (χ1) is 15.4. The molecule has 0 fully saturated rings. The summed E-state index contributed by atoms with van der Waals surface area (Å²) in [5.74, 6) is 0.500. The van der Waals surface area contributed by atoms with Gasteiger partial charge in [-0.25, -0.2) is 4.98 Å². The molecule has 0 N–H and O–H groups in total. The molecule has 0 radical (unpaired) electrons. The predicted molar refractivity (Wildman–Crippen MR) is 119 cm³/mol. The minimum atomic E-state index is -0.750. The van der Waals surface area contributed by atoms with Crippen molar-refractivity contribution in [2.24, 2.45) is 0 Å². The summed E-state index contributed by atoms with van der Waals surface area (Å²) in [5, 5.41) is 4.54. The molecule has 0 aliphatic heterocycles. The molecule has 4 heterocycles. The van der Waals surface area contributed by atoms with E-state index in [1.807, 2.05) is 38.1 Å². The van der Waals surface area contributed by atoms with Gasteiger partial charge in [0.25, 0.3) is 11.4 Å². The molecule has 0 unspecified atom stereocenters. The molecular formula is C22H19ClN6O3. The molecule has 0 aliphatic rings. The summed E-state index contributed by atoms with van der Waals surface area (Å²) < 4.78 is 14.2. The summed E-state index contributed by atoms with van der Waals surface area (Å²) in [6, 6.07) is 10.9. The van der Waals surface area contributed by atoms with E-state index in [4.69, 9.17) is 20.9 Å². The first-order valence-corrected chi connectivity index (χ1v) is 10.3. The van der Waals surface area contributed by atoms with Gasteiger partial charge >= 0.3 is 0 Å². The van der Waals surface area contributed by atoms with Crippen LogP contribution >= 0.6 is 11.6 Å². The SMILES string of the molecule is COC(C)(C)c1noc(-c2ncn3c2c(=O)n(Cc2ccccn2)c2cc(Cl)ccc23)n1. The number of pyridine rings is 1. The summed E-state index contributed by atoms with van der Waals surface area (Å²) in [6.07, 6.45) is 3.26. The minimum absolute atomic E-state index is 0.141. The van der Waals surface area contributed by atoms with E-state index in [2.05, 4.69) is 20.1 Å². The Morgan fingerprint density at radius 2 is 2.00 bits per heavy atom. The van der Waals surface area contributed by atoms with E-state index in [0.29, 0.717) is 27.6 Å². The van der Waals surface area contributed by atoms with Gasteiger partial charge in [0.2, 0.25) is 5.82 Å². The second-order valence-electron chi connectivity index (χ2n) is 7.79. The highest BCUT2D eigenvalue weighted by atomic mass is 35.5. The van der Waals surface area contributed by atoms with E-state index in [-0.39, 0.29) is 18.0 Å². The monoisotopic (exact) mass is 450 g/mol. The number of fused-ring (bicyclic) bond motifs is 3. The molecule has 0 bridgehead atoms. The average Bonchev–Trinajstić information content (AvgIpc) is 3.45. The first kappa shape index (κ1) is 20.3. The number of halogens is 1. The van der Waals surface area contributed by atoms with Gasteiger partial charge in [-0.05, 0) is 44.2 Å². The van der Waals surface area contributed by atoms with Gasteiger partial charge in [-0.2, -0.15) is 4.98 Å². The van der Waals surface area contributed by atoms with Crippen LogP contribution in [0.25, 0.3) is 28.1 Å². The van der Waals surface area contributed by atoms with E-state index in [1.54, 1.807) is 40.7 Å². The van der Waals surface area contributed by atoms with Crippen LogP contribution in [0.1, 0.15) is 25.4 Å². The van der Waals surface area contributed by atoms with Crippen molar-refractivity contribution in [3.63, 3.8) is 0 Å². The van der Waals surface area contributed by atoms with Gasteiger partial charge in [0.15, 0.2) is 5.69 Å². The Bertz CT molecular complexity index is 1500. The van der Waals surface area contributed by atoms with Crippen LogP contribution in [-0.2, 0) is 16.9 Å². The standard InChI is InChI=1S/C22H19ClN6O3/c1-22(2,31-3)21-26-19(32-27-21)17-18-20(30)28(11-14-6-4-5-9-24-14)16-10-13(23)7-8-15(16)29(18)12-25-17/h4-10,12H,11H2,1-3H3. The summed E-state index contributed by atoms with van der Waals surface area (Å²) in [4.78, 5) is 26.9. The largest absolute Gasteiger partial charge is 0.371 e. The topological polar surface area (TPSA) is 100 Å². The highest BCUT2D eigenvalue weighted by molar-refractivity contribution is 6.31. The van der Waals surface area contributed by atoms with E-state index in [9.17, 15) is 4.79 Å². The molecule has 4 aromatic heterocycles. The number of imidazole rings is 1. The van der Waals surface area contributed by atoms with Crippen molar-refractivity contribution >= 4 is 28.2 Å². The van der Waals surface area contributed by atoms with Crippen LogP contribution in [0, 0.1) is 0 Å². The van der Waals surface area contributed by atoms with Crippen molar-refractivity contribution < 1.29 is 9.26 Å². The van der Waals surface area contributed by atoms with Crippen molar-refractivity contribution in [1.29, 1.82) is 0 Å². The molecule has 0 spiro atoms. The van der Waals surface area contributed by atoms with Gasteiger partial charge in [0, 0.05) is 18.3 Å². The molecule has 1 aromatic carbocycles. The fraction of sp³-hybridized carbons (Fsp3) is 0.227. The van der Waals surface area contributed by atoms with E-state index < -0.39 is 5.60 Å². The molecule has 0 atom stereocenters. The molecular weight excluding hydrogens is 432 g/mol. The Kier molecular flexibility index (Phi) is 4.79. The second kappa shape index (κ2) is 7.54. The third-order valence-electron chi connectivity index (χ3n) is 5.43. The number of hydrogen-bond acceptors (Lipinski definition) is 7. The third kappa shape index (κ3) is 3.26. The van der Waals surface area contributed by atoms with Crippen molar-refractivity contribution in [1.82, 2.24) is 29.1 Å². The zero-order chi connectivity index (χ0) is 22.5. The summed E-state index contributed by atoms with van der Waals surface area (Å²) in [5.41, 5.74) is 1.76. The number of rotatable bonds is 5. The van der Waals surface area contributed by atoms with Gasteiger partial charge in [-0.3, -0.25) is 18.7 Å². The second-order valence-corrected chi connectivity index (χ2v) is 8.23. The van der Waals surface area contributed by atoms with Crippen LogP contribution in [0.2, 0.25) is 5.02 Å². The van der Waals surface area contributed by atoms with Crippen LogP contribution in [0.4, 0.5) is 0 Å². The van der Waals surface area contributed by atoms with Crippen molar-refractivity contribution in [2.75, 3.05) is 7.11 Å². The van der Waals surface area contributed by atoms with Crippen LogP contribution in [0.3, 0.4) is 0 Å². The van der Waals surface area contributed by atoms with Gasteiger partial charge < -0.3 is 9.26 Å². The van der Waals surface area contributed by atoms with Gasteiger partial charge in [-0.1, -0.05) is 22.8 Å². The van der Waals surface area contributed by atoms with Crippen molar-refractivity contribution in [2.45, 2.75) is 26.0 Å². The molecule has 0 amide bonds. The van der Waals surface area contributed by atoms with Crippen LogP contribution in [-0.4, -0.2) is 36.2 Å². The van der Waals surface area contributed by atoms with E-state index >= 15 is 0 Å². The van der Waals surface area contributed by atoms with Gasteiger partial charge in [0.1, 0.15) is 17.4 Å². The number of methoxy groups -OCH3 is 1. The Morgan fingerprint density at radius 3 is 2.75 bits per heavy atom. The number of aromatic nitrogens is 6. The van der Waals surface area contributed by atoms with Crippen LogP contribution in [0.5, 0.6) is 0 Å². The summed E-state index contributed by atoms with van der Waals surface area (Å²) in [6.45, 7) is 3.91. The Morgan fingerprint density at radius 1 is 1.16 bits per heavy atom. The quantitative estimate of drug-likeness (QED) is 0.402. The normalized spacial score (nSPS) is 12.1. The Balaban J connectivity index is 1.77. The lowest BCUT2D eigenvalue weighted by atomic mass is 10.1. The first-order valence-electron chi connectivity index (χ1n) is 9.88. The molecule has 5 aromatic rings. The van der Waals surface area contributed by atoms with E-state index in [0.717, 1.165) is 11.2 Å². The van der Waals surface area contributed by atoms with Crippen LogP contribution in [0.15, 0.2) is 58.2 Å². The maximum atomic E-state index is 13.7. The average molecular weight is 451 g/mol. The number of benzene rings is 1. The smallest absolute Gasteiger partial charge is 0.279 e. The van der Waals surface area contributed by atoms with E-state index in [1.165, 1.54) is 0 Å². The summed E-state index contributed by atoms with van der Waals surface area (Å²) in [7, 11) is 1.57. The number of ether oxygens (including phenoxy) is 1. The van der Waals surface area contributed by atoms with Gasteiger partial charge in [0.05, 0.1) is 23.3 Å². The fourth-order valence-corrected chi connectivity index (χ4v) is 3.68. The lowest BCUT2D eigenvalue weighted by Gasteiger charge is -2.17. The zero-order valence-electron chi connectivity index (χ0n) is 17.6. The Hall–Kier alpha value is -3.56. The third-order valence-corrected chi connectivity index (χ3v) is 5.66. The molecule has 5 rings (SSSR count). The maximum Gasteiger partial charge on any atom is 0.279 e. The minimum Gasteiger partial charge on any atom is -0.371 e. The zero-order valence-corrected chi connectivity index (χ0v) is 18.4. The molecule has 162 valence electrons. The predicted octanol–water partition coefficient (Wildman–Crippen LogP) is 3.68. The maximum absolute atomic E-state index is 13.7. The fourth-order valence-electron chi connectivity index (χ4n) is 3.51. The van der Waals surface area contributed by atoms with Crippen molar-refractivity contribution in [3.8, 4) is 11.6 Å². The highest BCUT2D eigenvalue weighted by Crippen LogP contribution is 2.28. The van der Waals surface area contributed by atoms with Crippen molar-refractivity contribution in [3.05, 3.63) is 75.8 Å². The molecule has 0 saturated carbocycles. The molecule has 9 nitrogen and oxygen atoms in total. The van der Waals surface area contributed by atoms with Crippen LogP contribution < -0.4 is 5.56 Å². The molecule has 10 heteroatoms. The molecule has 32 heavy (non-hydrogen) atoms. The highest BCUT2D eigenvalue weighted by Gasteiger charge is 2.28. The van der Waals surface area contributed by atoms with Gasteiger partial charge in [-0.15, -0.1) is 0 Å². The Labute approximate surface area is 187 Å².